The van der Waals surface area contributed by atoms with E-state index in [1.807, 2.05) is 0 Å². The lowest BCUT2D eigenvalue weighted by molar-refractivity contribution is -0.153. The van der Waals surface area contributed by atoms with Crippen molar-refractivity contribution in [1.29, 1.82) is 0 Å². The highest BCUT2D eigenvalue weighted by molar-refractivity contribution is 5.75. The van der Waals surface area contributed by atoms with Gasteiger partial charge in [-0.1, -0.05) is 13.5 Å². The Morgan fingerprint density at radius 2 is 2.25 bits per heavy atom. The summed E-state index contributed by atoms with van der Waals surface area (Å²) in [6.45, 7) is 6.53. The first-order valence-electron chi connectivity index (χ1n) is 4.54. The van der Waals surface area contributed by atoms with Gasteiger partial charge in [-0.25, -0.2) is 0 Å². The molecule has 0 aromatic rings. The highest BCUT2D eigenvalue weighted by atomic mass is 16.5. The molecule has 12 heavy (non-hydrogen) atoms. The van der Waals surface area contributed by atoms with Crippen LogP contribution in [0.5, 0.6) is 0 Å². The van der Waals surface area contributed by atoms with Crippen LogP contribution in [0.15, 0.2) is 12.2 Å². The van der Waals surface area contributed by atoms with Gasteiger partial charge in [-0.3, -0.25) is 4.79 Å². The molecule has 2 fully saturated rings. The van der Waals surface area contributed by atoms with Crippen LogP contribution in [0.4, 0.5) is 0 Å². The van der Waals surface area contributed by atoms with Crippen LogP contribution in [0.3, 0.4) is 0 Å². The third-order valence-electron chi connectivity index (χ3n) is 3.18. The van der Waals surface area contributed by atoms with E-state index >= 15 is 0 Å². The lowest BCUT2D eigenvalue weighted by Crippen LogP contribution is -2.33. The molecule has 2 nitrogen and oxygen atoms in total. The first kappa shape index (κ1) is 7.84. The number of carbonyl (C=O) groups excluding carboxylic acids is 1. The van der Waals surface area contributed by atoms with Gasteiger partial charge in [0, 0.05) is 0 Å². The van der Waals surface area contributed by atoms with Gasteiger partial charge in [-0.05, 0) is 30.3 Å². The molecular formula is C10H14O2. The second-order valence-corrected chi connectivity index (χ2v) is 3.95. The molecule has 0 aromatic carbocycles. The Hall–Kier alpha value is -0.790. The van der Waals surface area contributed by atoms with E-state index in [1.54, 1.807) is 0 Å². The van der Waals surface area contributed by atoms with Crippen molar-refractivity contribution < 1.29 is 9.53 Å². The van der Waals surface area contributed by atoms with Crippen LogP contribution in [0.25, 0.3) is 0 Å². The Bertz CT molecular complexity index is 232. The number of fused-ring (bicyclic) bond motifs is 1. The topological polar surface area (TPSA) is 26.3 Å². The minimum atomic E-state index is -0.00241. The van der Waals surface area contributed by atoms with Crippen molar-refractivity contribution in [3.8, 4) is 0 Å². The van der Waals surface area contributed by atoms with Crippen molar-refractivity contribution in [1.82, 2.24) is 0 Å². The second-order valence-electron chi connectivity index (χ2n) is 3.95. The average Bonchev–Trinajstić information content (AvgIpc) is 2.42. The van der Waals surface area contributed by atoms with E-state index in [0.717, 1.165) is 18.4 Å². The van der Waals surface area contributed by atoms with Crippen LogP contribution >= 0.6 is 0 Å². The van der Waals surface area contributed by atoms with E-state index in [1.165, 1.54) is 0 Å². The number of cyclic esters (lactones) is 1. The van der Waals surface area contributed by atoms with E-state index in [9.17, 15) is 4.79 Å². The largest absolute Gasteiger partial charge is 0.461 e. The number of esters is 1. The number of hydrogen-bond donors (Lipinski definition) is 0. The summed E-state index contributed by atoms with van der Waals surface area (Å²) in [5.74, 6) is 1.02. The molecule has 1 heterocycles. The highest BCUT2D eigenvalue weighted by Crippen LogP contribution is 2.43. The fourth-order valence-corrected chi connectivity index (χ4v) is 2.42. The Kier molecular flexibility index (Phi) is 1.71. The van der Waals surface area contributed by atoms with E-state index in [2.05, 4.69) is 13.5 Å². The standard InChI is InChI=1S/C10H14O2/c1-6-3-4-8-7(2)5-12-10(11)9(6)8/h6,8-9H,2-5H2,1H3/t6-,8+,9+/m0/s1. The van der Waals surface area contributed by atoms with Gasteiger partial charge in [0.2, 0.25) is 0 Å². The molecule has 1 aliphatic carbocycles. The highest BCUT2D eigenvalue weighted by Gasteiger charge is 2.43. The molecule has 1 aliphatic heterocycles. The van der Waals surface area contributed by atoms with Gasteiger partial charge in [-0.2, -0.15) is 0 Å². The van der Waals surface area contributed by atoms with E-state index < -0.39 is 0 Å². The fraction of sp³-hybridized carbons (Fsp3) is 0.700. The third-order valence-corrected chi connectivity index (χ3v) is 3.18. The molecule has 1 saturated heterocycles. The number of hydrogen-bond acceptors (Lipinski definition) is 2. The minimum Gasteiger partial charge on any atom is -0.461 e. The molecule has 0 amide bonds. The maximum absolute atomic E-state index is 11.4. The van der Waals surface area contributed by atoms with Crippen molar-refractivity contribution in [3.05, 3.63) is 12.2 Å². The first-order chi connectivity index (χ1) is 5.70. The summed E-state index contributed by atoms with van der Waals surface area (Å²) in [7, 11) is 0. The van der Waals surface area contributed by atoms with Gasteiger partial charge in [0.05, 0.1) is 5.92 Å². The van der Waals surface area contributed by atoms with Crippen LogP contribution in [0, 0.1) is 17.8 Å². The smallest absolute Gasteiger partial charge is 0.310 e. The Balaban J connectivity index is 2.24. The van der Waals surface area contributed by atoms with Gasteiger partial charge in [0.25, 0.3) is 0 Å². The maximum atomic E-state index is 11.4. The fourth-order valence-electron chi connectivity index (χ4n) is 2.42. The van der Waals surface area contributed by atoms with Crippen molar-refractivity contribution in [2.24, 2.45) is 17.8 Å². The molecule has 2 heteroatoms. The van der Waals surface area contributed by atoms with Gasteiger partial charge in [0.15, 0.2) is 0 Å². The van der Waals surface area contributed by atoms with Crippen LogP contribution in [0.1, 0.15) is 19.8 Å². The molecule has 0 unspecified atom stereocenters. The van der Waals surface area contributed by atoms with Gasteiger partial charge in [0.1, 0.15) is 6.61 Å². The van der Waals surface area contributed by atoms with Gasteiger partial charge >= 0.3 is 5.97 Å². The molecule has 0 radical (unpaired) electrons. The van der Waals surface area contributed by atoms with Gasteiger partial charge < -0.3 is 4.74 Å². The second kappa shape index (κ2) is 2.61. The minimum absolute atomic E-state index is 0.00241. The molecule has 0 bridgehead atoms. The predicted molar refractivity (Wildman–Crippen MR) is 45.5 cm³/mol. The summed E-state index contributed by atoms with van der Waals surface area (Å²) >= 11 is 0. The SMILES string of the molecule is C=C1COC(=O)[C@H]2[C@@H]1CC[C@@H]2C. The van der Waals surface area contributed by atoms with E-state index in [-0.39, 0.29) is 11.9 Å². The number of rotatable bonds is 0. The Morgan fingerprint density at radius 1 is 1.50 bits per heavy atom. The average molecular weight is 166 g/mol. The van der Waals surface area contributed by atoms with Crippen molar-refractivity contribution in [2.45, 2.75) is 19.8 Å². The van der Waals surface area contributed by atoms with Gasteiger partial charge in [-0.15, -0.1) is 0 Å². The molecule has 2 aliphatic rings. The van der Waals surface area contributed by atoms with Crippen LogP contribution < -0.4 is 0 Å². The summed E-state index contributed by atoms with van der Waals surface area (Å²) in [4.78, 5) is 11.4. The molecule has 66 valence electrons. The summed E-state index contributed by atoms with van der Waals surface area (Å²) in [6.07, 6.45) is 2.27. The first-order valence-corrected chi connectivity index (χ1v) is 4.54. The lowest BCUT2D eigenvalue weighted by Gasteiger charge is -2.28. The molecule has 2 rings (SSSR count). The van der Waals surface area contributed by atoms with Crippen molar-refractivity contribution in [3.63, 3.8) is 0 Å². The Morgan fingerprint density at radius 3 is 2.92 bits per heavy atom. The molecule has 0 N–H and O–H groups in total. The molecule has 0 aromatic heterocycles. The summed E-state index contributed by atoms with van der Waals surface area (Å²) < 4.78 is 5.04. The van der Waals surface area contributed by atoms with Crippen molar-refractivity contribution >= 4 is 5.97 Å². The number of carbonyl (C=O) groups is 1. The zero-order valence-electron chi connectivity index (χ0n) is 7.38. The monoisotopic (exact) mass is 166 g/mol. The zero-order chi connectivity index (χ0) is 8.72. The molecular weight excluding hydrogens is 152 g/mol. The summed E-state index contributed by atoms with van der Waals surface area (Å²) in [5.41, 5.74) is 1.11. The van der Waals surface area contributed by atoms with Crippen LogP contribution in [-0.4, -0.2) is 12.6 Å². The molecule has 0 spiro atoms. The lowest BCUT2D eigenvalue weighted by atomic mass is 9.84. The van der Waals surface area contributed by atoms with E-state index in [0.29, 0.717) is 18.4 Å². The third kappa shape index (κ3) is 0.977. The Labute approximate surface area is 72.6 Å². The quantitative estimate of drug-likeness (QED) is 0.405. The summed E-state index contributed by atoms with van der Waals surface area (Å²) in [6, 6.07) is 0. The van der Waals surface area contributed by atoms with Crippen LogP contribution in [0.2, 0.25) is 0 Å². The normalized spacial score (nSPS) is 40.9. The number of ether oxygens (including phenoxy) is 1. The predicted octanol–water partition coefficient (Wildman–Crippen LogP) is 1.76. The maximum Gasteiger partial charge on any atom is 0.310 e. The van der Waals surface area contributed by atoms with Crippen molar-refractivity contribution in [2.75, 3.05) is 6.61 Å². The molecule has 3 atom stereocenters. The molecule has 1 saturated carbocycles. The van der Waals surface area contributed by atoms with E-state index in [4.69, 9.17) is 4.74 Å². The van der Waals surface area contributed by atoms with Crippen LogP contribution in [-0.2, 0) is 9.53 Å². The summed E-state index contributed by atoms with van der Waals surface area (Å²) in [5, 5.41) is 0. The zero-order valence-corrected chi connectivity index (χ0v) is 7.38.